The van der Waals surface area contributed by atoms with Gasteiger partial charge in [-0.25, -0.2) is 4.79 Å². The largest absolute Gasteiger partial charge is 0.479 e. The van der Waals surface area contributed by atoms with E-state index in [9.17, 15) is 34.5 Å². The van der Waals surface area contributed by atoms with E-state index in [4.69, 9.17) is 23.7 Å². The fourth-order valence-corrected chi connectivity index (χ4v) is 9.86. The number of carboxylic acid groups (broad SMARTS) is 1. The Labute approximate surface area is 470 Å². The van der Waals surface area contributed by atoms with Gasteiger partial charge in [0.05, 0.1) is 6.61 Å². The number of unbranched alkanes of at least 4 members (excludes halogenated alkanes) is 35. The van der Waals surface area contributed by atoms with Crippen LogP contribution in [0.2, 0.25) is 0 Å². The zero-order valence-electron chi connectivity index (χ0n) is 49.5. The van der Waals surface area contributed by atoms with E-state index in [1.165, 1.54) is 167 Å². The SMILES string of the molecule is CC/C=C\C/C=C\C/C=C\CCCCCC(=O)OC(COC(=O)CCCCCCCCCCCCCCCCCCC)COC1OC(C(=O)O)C(O)C(O)C1OC(=O)CCCCCCCCCCCCCCCCCCC. The molecule has 0 aromatic heterocycles. The summed E-state index contributed by atoms with van der Waals surface area (Å²) in [5, 5.41) is 31.5. The van der Waals surface area contributed by atoms with Crippen LogP contribution < -0.4 is 0 Å². The Hall–Kier alpha value is -3.06. The average molecular weight is 1090 g/mol. The molecule has 0 bridgehead atoms. The van der Waals surface area contributed by atoms with Crippen molar-refractivity contribution >= 4 is 23.9 Å². The van der Waals surface area contributed by atoms with Gasteiger partial charge in [0.1, 0.15) is 18.8 Å². The summed E-state index contributed by atoms with van der Waals surface area (Å²) >= 11 is 0. The number of aliphatic hydroxyl groups is 2. The Morgan fingerprint density at radius 2 is 0.818 bits per heavy atom. The fraction of sp³-hybridized carbons (Fsp3) is 0.846. The quantitative estimate of drug-likeness (QED) is 0.0228. The maximum atomic E-state index is 13.1. The van der Waals surface area contributed by atoms with Crippen molar-refractivity contribution in [3.8, 4) is 0 Å². The first-order valence-electron chi connectivity index (χ1n) is 32.0. The molecule has 6 atom stereocenters. The van der Waals surface area contributed by atoms with E-state index in [1.807, 2.05) is 0 Å². The summed E-state index contributed by atoms with van der Waals surface area (Å²) in [6, 6.07) is 0. The van der Waals surface area contributed by atoms with E-state index >= 15 is 0 Å². The average Bonchev–Trinajstić information content (AvgIpc) is 3.42. The lowest BCUT2D eigenvalue weighted by molar-refractivity contribution is -0.301. The summed E-state index contributed by atoms with van der Waals surface area (Å²) in [6.07, 6.45) is 51.1. The molecule has 1 aliphatic rings. The molecule has 1 saturated heterocycles. The summed E-state index contributed by atoms with van der Waals surface area (Å²) in [6.45, 7) is 5.90. The van der Waals surface area contributed by atoms with Gasteiger partial charge in [-0.15, -0.1) is 0 Å². The number of carboxylic acids is 1. The highest BCUT2D eigenvalue weighted by atomic mass is 16.7. The normalized spacial score (nSPS) is 18.2. The van der Waals surface area contributed by atoms with Gasteiger partial charge in [-0.2, -0.15) is 0 Å². The van der Waals surface area contributed by atoms with Crippen molar-refractivity contribution in [3.63, 3.8) is 0 Å². The van der Waals surface area contributed by atoms with Gasteiger partial charge >= 0.3 is 23.9 Å². The van der Waals surface area contributed by atoms with E-state index in [2.05, 4.69) is 57.2 Å². The van der Waals surface area contributed by atoms with Crippen LogP contribution in [0.15, 0.2) is 36.5 Å². The van der Waals surface area contributed by atoms with Gasteiger partial charge in [0.25, 0.3) is 0 Å². The summed E-state index contributed by atoms with van der Waals surface area (Å²) in [5.74, 6) is -3.13. The summed E-state index contributed by atoms with van der Waals surface area (Å²) in [4.78, 5) is 51.2. The molecule has 3 N–H and O–H groups in total. The van der Waals surface area contributed by atoms with Crippen LogP contribution in [-0.2, 0) is 42.9 Å². The molecule has 0 saturated carbocycles. The molecule has 77 heavy (non-hydrogen) atoms. The molecular weight excluding hydrogens is 973 g/mol. The predicted octanol–water partition coefficient (Wildman–Crippen LogP) is 16.8. The Morgan fingerprint density at radius 3 is 1.25 bits per heavy atom. The van der Waals surface area contributed by atoms with Crippen LogP contribution in [0.5, 0.6) is 0 Å². The lowest BCUT2D eigenvalue weighted by atomic mass is 9.98. The minimum atomic E-state index is -1.90. The molecule has 1 fully saturated rings. The van der Waals surface area contributed by atoms with Crippen molar-refractivity contribution in [2.24, 2.45) is 0 Å². The van der Waals surface area contributed by atoms with E-state index in [0.717, 1.165) is 77.0 Å². The number of hydrogen-bond donors (Lipinski definition) is 3. The monoisotopic (exact) mass is 1090 g/mol. The maximum Gasteiger partial charge on any atom is 0.335 e. The zero-order chi connectivity index (χ0) is 56.1. The number of ether oxygens (including phenoxy) is 5. The van der Waals surface area contributed by atoms with Gasteiger partial charge in [0.15, 0.2) is 24.6 Å². The minimum Gasteiger partial charge on any atom is -0.479 e. The molecule has 0 aromatic rings. The highest BCUT2D eigenvalue weighted by Gasteiger charge is 2.50. The maximum absolute atomic E-state index is 13.1. The molecule has 1 heterocycles. The highest BCUT2D eigenvalue weighted by Crippen LogP contribution is 2.27. The lowest BCUT2D eigenvalue weighted by Gasteiger charge is -2.40. The second-order valence-corrected chi connectivity index (χ2v) is 22.0. The second kappa shape index (κ2) is 53.6. The number of aliphatic carboxylic acids is 1. The second-order valence-electron chi connectivity index (χ2n) is 22.0. The predicted molar refractivity (Wildman–Crippen MR) is 313 cm³/mol. The molecule has 12 heteroatoms. The van der Waals surface area contributed by atoms with Gasteiger partial charge in [0.2, 0.25) is 0 Å². The molecule has 1 aliphatic heterocycles. The molecule has 0 aromatic carbocycles. The van der Waals surface area contributed by atoms with Gasteiger partial charge in [0, 0.05) is 19.3 Å². The van der Waals surface area contributed by atoms with Crippen LogP contribution in [0.4, 0.5) is 0 Å². The fourth-order valence-electron chi connectivity index (χ4n) is 9.86. The summed E-state index contributed by atoms with van der Waals surface area (Å²) in [7, 11) is 0. The van der Waals surface area contributed by atoms with E-state index in [0.29, 0.717) is 19.3 Å². The highest BCUT2D eigenvalue weighted by molar-refractivity contribution is 5.74. The molecule has 448 valence electrons. The number of hydrogen-bond acceptors (Lipinski definition) is 11. The van der Waals surface area contributed by atoms with Crippen LogP contribution >= 0.6 is 0 Å². The molecule has 1 rings (SSSR count). The van der Waals surface area contributed by atoms with Crippen molar-refractivity contribution < 1.29 is 58.2 Å². The number of carbonyl (C=O) groups excluding carboxylic acids is 3. The minimum absolute atomic E-state index is 0.0630. The Kier molecular flexibility index (Phi) is 50.1. The van der Waals surface area contributed by atoms with Crippen molar-refractivity contribution in [1.29, 1.82) is 0 Å². The topological polar surface area (TPSA) is 175 Å². The Bertz CT molecular complexity index is 1480. The lowest BCUT2D eigenvalue weighted by Crippen LogP contribution is -2.61. The van der Waals surface area contributed by atoms with Crippen LogP contribution in [0, 0.1) is 0 Å². The first-order valence-corrected chi connectivity index (χ1v) is 32.0. The molecule has 0 radical (unpaired) electrons. The third-order valence-electron chi connectivity index (χ3n) is 14.7. The number of esters is 3. The first-order chi connectivity index (χ1) is 37.6. The van der Waals surface area contributed by atoms with Gasteiger partial charge < -0.3 is 39.0 Å². The standard InChI is InChI=1S/C65H116O12/c1-4-7-10-13-16-19-22-25-27-29-31-34-36-39-42-45-48-51-57(66)73-54-56(75-58(67)52-49-46-43-40-37-33-24-21-18-15-12-9-6-3)55-74-65-63(61(70)60(69)62(77-65)64(71)72)76-59(68)53-50-47-44-41-38-35-32-30-28-26-23-20-17-14-11-8-5-2/h9,12,18,21,33,37,56,60-63,65,69-70H,4-8,10-11,13-17,19-20,22-32,34-36,38-55H2,1-3H3,(H,71,72)/b12-9-,21-18-,37-33-. The third-order valence-corrected chi connectivity index (χ3v) is 14.7. The van der Waals surface area contributed by atoms with Crippen LogP contribution in [0.1, 0.15) is 303 Å². The molecule has 0 spiro atoms. The van der Waals surface area contributed by atoms with Crippen LogP contribution in [-0.4, -0.2) is 89.2 Å². The zero-order valence-corrected chi connectivity index (χ0v) is 49.5. The molecule has 6 unspecified atom stereocenters. The number of allylic oxidation sites excluding steroid dienone is 6. The van der Waals surface area contributed by atoms with Gasteiger partial charge in [-0.05, 0) is 51.4 Å². The molecule has 0 aliphatic carbocycles. The number of rotatable bonds is 55. The summed E-state index contributed by atoms with van der Waals surface area (Å²) in [5.41, 5.74) is 0. The van der Waals surface area contributed by atoms with Crippen molar-refractivity contribution in [2.45, 2.75) is 340 Å². The Morgan fingerprint density at radius 1 is 0.442 bits per heavy atom. The van der Waals surface area contributed by atoms with Crippen molar-refractivity contribution in [2.75, 3.05) is 13.2 Å². The van der Waals surface area contributed by atoms with Gasteiger partial charge in [-0.1, -0.05) is 269 Å². The van der Waals surface area contributed by atoms with Crippen LogP contribution in [0.25, 0.3) is 0 Å². The number of carbonyl (C=O) groups is 4. The first kappa shape index (κ1) is 72.0. The smallest absolute Gasteiger partial charge is 0.335 e. The third kappa shape index (κ3) is 43.4. The van der Waals surface area contributed by atoms with E-state index < -0.39 is 67.3 Å². The Balaban J connectivity index is 2.64. The van der Waals surface area contributed by atoms with Gasteiger partial charge in [-0.3, -0.25) is 14.4 Å². The summed E-state index contributed by atoms with van der Waals surface area (Å²) < 4.78 is 28.5. The van der Waals surface area contributed by atoms with Crippen molar-refractivity contribution in [1.82, 2.24) is 0 Å². The van der Waals surface area contributed by atoms with Crippen LogP contribution in [0.3, 0.4) is 0 Å². The number of aliphatic hydroxyl groups excluding tert-OH is 2. The molecule has 0 amide bonds. The molecular formula is C65H116O12. The van der Waals surface area contributed by atoms with E-state index in [-0.39, 0.29) is 25.9 Å². The molecule has 12 nitrogen and oxygen atoms in total. The van der Waals surface area contributed by atoms with E-state index in [1.54, 1.807) is 0 Å². The van der Waals surface area contributed by atoms with Crippen molar-refractivity contribution in [3.05, 3.63) is 36.5 Å².